The molecule has 144 valence electrons. The van der Waals surface area contributed by atoms with E-state index >= 15 is 0 Å². The van der Waals surface area contributed by atoms with Crippen LogP contribution in [-0.4, -0.2) is 30.1 Å². The summed E-state index contributed by atoms with van der Waals surface area (Å²) in [6.45, 7) is 0.110. The van der Waals surface area contributed by atoms with Crippen LogP contribution >= 0.6 is 34.2 Å². The normalized spacial score (nSPS) is 18.2. The molecule has 1 unspecified atom stereocenters. The Kier molecular flexibility index (Phi) is 3.86. The van der Waals surface area contributed by atoms with Crippen molar-refractivity contribution in [3.8, 4) is 5.69 Å². The highest BCUT2D eigenvalue weighted by Gasteiger charge is 2.56. The molecule has 6 nitrogen and oxygen atoms in total. The number of halogens is 4. The Morgan fingerprint density at radius 1 is 1.32 bits per heavy atom. The van der Waals surface area contributed by atoms with Crippen molar-refractivity contribution in [1.29, 1.82) is 0 Å². The van der Waals surface area contributed by atoms with Crippen molar-refractivity contribution in [2.75, 3.05) is 0 Å². The molecule has 1 saturated carbocycles. The van der Waals surface area contributed by atoms with Gasteiger partial charge in [0, 0.05) is 43.7 Å². The van der Waals surface area contributed by atoms with Crippen molar-refractivity contribution in [1.82, 2.24) is 24.1 Å². The van der Waals surface area contributed by atoms with Gasteiger partial charge in [-0.15, -0.1) is 0 Å². The predicted octanol–water partition coefficient (Wildman–Crippen LogP) is 3.99. The van der Waals surface area contributed by atoms with Crippen LogP contribution in [0.3, 0.4) is 0 Å². The van der Waals surface area contributed by atoms with E-state index in [0.29, 0.717) is 16.7 Å². The fourth-order valence-electron chi connectivity index (χ4n) is 3.47. The summed E-state index contributed by atoms with van der Waals surface area (Å²) in [6.07, 6.45) is 3.42. The first kappa shape index (κ1) is 18.0. The second-order valence-corrected chi connectivity index (χ2v) is 8.61. The standard InChI is InChI=1S/C18H13ClF2IN5O/c1-25-6-9-4-11(2-3-13(9)23-25)27-17(28)14(19)16-15(24-27)12(22)8-26(16)7-10-5-18(10,20)21/h2-4,6,8,10H,5,7H2,1H3. The molecule has 3 heterocycles. The van der Waals surface area contributed by atoms with Crippen LogP contribution < -0.4 is 5.56 Å². The molecule has 4 aromatic rings. The fourth-order valence-corrected chi connectivity index (χ4v) is 4.45. The van der Waals surface area contributed by atoms with E-state index in [-0.39, 0.29) is 18.0 Å². The third-order valence-electron chi connectivity index (χ3n) is 5.01. The van der Waals surface area contributed by atoms with Gasteiger partial charge in [-0.1, -0.05) is 11.6 Å². The van der Waals surface area contributed by atoms with Crippen molar-refractivity contribution in [2.24, 2.45) is 13.0 Å². The molecule has 0 aliphatic heterocycles. The molecule has 28 heavy (non-hydrogen) atoms. The monoisotopic (exact) mass is 515 g/mol. The van der Waals surface area contributed by atoms with Gasteiger partial charge in [0.1, 0.15) is 10.5 Å². The van der Waals surface area contributed by atoms with Gasteiger partial charge >= 0.3 is 0 Å². The van der Waals surface area contributed by atoms with Crippen LogP contribution in [0.25, 0.3) is 27.6 Å². The van der Waals surface area contributed by atoms with Crippen molar-refractivity contribution < 1.29 is 8.78 Å². The van der Waals surface area contributed by atoms with Gasteiger partial charge in [0.25, 0.3) is 11.5 Å². The number of hydrogen-bond acceptors (Lipinski definition) is 3. The maximum absolute atomic E-state index is 13.3. The summed E-state index contributed by atoms with van der Waals surface area (Å²) >= 11 is 8.47. The van der Waals surface area contributed by atoms with Crippen LogP contribution in [0.2, 0.25) is 5.02 Å². The minimum atomic E-state index is -2.64. The molecule has 1 atom stereocenters. The number of aromatic nitrogens is 5. The van der Waals surface area contributed by atoms with E-state index in [1.54, 1.807) is 21.5 Å². The maximum Gasteiger partial charge on any atom is 0.292 e. The van der Waals surface area contributed by atoms with Crippen LogP contribution in [0.1, 0.15) is 6.42 Å². The van der Waals surface area contributed by atoms with E-state index < -0.39 is 17.4 Å². The highest BCUT2D eigenvalue weighted by Crippen LogP contribution is 2.50. The summed E-state index contributed by atoms with van der Waals surface area (Å²) in [4.78, 5) is 12.9. The van der Waals surface area contributed by atoms with E-state index in [1.807, 2.05) is 25.4 Å². The Morgan fingerprint density at radius 2 is 2.07 bits per heavy atom. The van der Waals surface area contributed by atoms with Gasteiger partial charge in [-0.05, 0) is 40.8 Å². The number of fused-ring (bicyclic) bond motifs is 2. The Labute approximate surface area is 175 Å². The minimum Gasteiger partial charge on any atom is -0.343 e. The molecular weight excluding hydrogens is 503 g/mol. The molecule has 1 aliphatic rings. The summed E-state index contributed by atoms with van der Waals surface area (Å²) in [5.41, 5.74) is 1.79. The maximum atomic E-state index is 13.3. The first-order chi connectivity index (χ1) is 13.2. The third-order valence-corrected chi connectivity index (χ3v) is 6.14. The summed E-state index contributed by atoms with van der Waals surface area (Å²) in [7, 11) is 1.82. The average molecular weight is 516 g/mol. The fraction of sp³-hybridized carbons (Fsp3) is 0.278. The van der Waals surface area contributed by atoms with E-state index in [1.165, 1.54) is 4.68 Å². The molecule has 0 N–H and O–H groups in total. The van der Waals surface area contributed by atoms with Gasteiger partial charge < -0.3 is 4.57 Å². The van der Waals surface area contributed by atoms with E-state index in [9.17, 15) is 13.6 Å². The molecular formula is C18H13ClF2IN5O. The third kappa shape index (κ3) is 2.74. The van der Waals surface area contributed by atoms with Crippen LogP contribution in [0.4, 0.5) is 8.78 Å². The summed E-state index contributed by atoms with van der Waals surface area (Å²) in [5.74, 6) is -3.37. The highest BCUT2D eigenvalue weighted by atomic mass is 127. The SMILES string of the molecule is Cn1cc2cc(-n3nc4c(I)cn(CC5CC5(F)F)c4c(Cl)c3=O)ccc2n1. The molecule has 0 radical (unpaired) electrons. The zero-order chi connectivity index (χ0) is 19.8. The molecule has 1 fully saturated rings. The zero-order valence-corrected chi connectivity index (χ0v) is 17.4. The number of benzene rings is 1. The van der Waals surface area contributed by atoms with Gasteiger partial charge in [-0.2, -0.15) is 14.9 Å². The average Bonchev–Trinajstić information content (AvgIpc) is 2.94. The van der Waals surface area contributed by atoms with E-state index in [2.05, 4.69) is 32.8 Å². The molecule has 0 saturated heterocycles. The van der Waals surface area contributed by atoms with Gasteiger partial charge in [0.15, 0.2) is 0 Å². The minimum absolute atomic E-state index is 0.0248. The Bertz CT molecular complexity index is 1330. The quantitative estimate of drug-likeness (QED) is 0.388. The summed E-state index contributed by atoms with van der Waals surface area (Å²) in [5, 5.41) is 9.64. The molecule has 5 rings (SSSR count). The summed E-state index contributed by atoms with van der Waals surface area (Å²) in [6, 6.07) is 5.37. The lowest BCUT2D eigenvalue weighted by molar-refractivity contribution is 0.0954. The number of aryl methyl sites for hydroxylation is 1. The Hall–Kier alpha value is -2.01. The molecule has 1 aliphatic carbocycles. The van der Waals surface area contributed by atoms with E-state index in [0.717, 1.165) is 14.5 Å². The van der Waals surface area contributed by atoms with Crippen molar-refractivity contribution >= 4 is 56.1 Å². The van der Waals surface area contributed by atoms with Gasteiger partial charge in [0.05, 0.1) is 20.3 Å². The highest BCUT2D eigenvalue weighted by molar-refractivity contribution is 14.1. The van der Waals surface area contributed by atoms with Gasteiger partial charge in [0.2, 0.25) is 0 Å². The van der Waals surface area contributed by atoms with Crippen molar-refractivity contribution in [3.63, 3.8) is 0 Å². The number of hydrogen-bond donors (Lipinski definition) is 0. The lowest BCUT2D eigenvalue weighted by Gasteiger charge is -2.09. The molecule has 0 bridgehead atoms. The molecule has 3 aromatic heterocycles. The van der Waals surface area contributed by atoms with Gasteiger partial charge in [-0.25, -0.2) is 8.78 Å². The molecule has 1 aromatic carbocycles. The number of nitrogens with zero attached hydrogens (tertiary/aromatic N) is 5. The second-order valence-electron chi connectivity index (χ2n) is 7.07. The second kappa shape index (κ2) is 5.99. The van der Waals surface area contributed by atoms with E-state index in [4.69, 9.17) is 11.6 Å². The first-order valence-corrected chi connectivity index (χ1v) is 9.99. The molecule has 10 heteroatoms. The summed E-state index contributed by atoms with van der Waals surface area (Å²) < 4.78 is 32.0. The number of alkyl halides is 2. The van der Waals surface area contributed by atoms with Crippen LogP contribution in [0, 0.1) is 9.49 Å². The smallest absolute Gasteiger partial charge is 0.292 e. The Morgan fingerprint density at radius 3 is 2.79 bits per heavy atom. The van der Waals surface area contributed by atoms with Crippen LogP contribution in [0.5, 0.6) is 0 Å². The van der Waals surface area contributed by atoms with Crippen LogP contribution in [-0.2, 0) is 13.6 Å². The topological polar surface area (TPSA) is 57.6 Å². The molecule has 0 spiro atoms. The van der Waals surface area contributed by atoms with Crippen molar-refractivity contribution in [2.45, 2.75) is 18.9 Å². The van der Waals surface area contributed by atoms with Crippen molar-refractivity contribution in [3.05, 3.63) is 49.5 Å². The van der Waals surface area contributed by atoms with Crippen LogP contribution in [0.15, 0.2) is 35.4 Å². The molecule has 0 amide bonds. The lowest BCUT2D eigenvalue weighted by atomic mass is 10.2. The predicted molar refractivity (Wildman–Crippen MR) is 110 cm³/mol. The Balaban J connectivity index is 1.67. The zero-order valence-electron chi connectivity index (χ0n) is 14.5. The van der Waals surface area contributed by atoms with Gasteiger partial charge in [-0.3, -0.25) is 9.48 Å². The largest absolute Gasteiger partial charge is 0.343 e. The number of rotatable bonds is 3. The first-order valence-electron chi connectivity index (χ1n) is 8.53. The lowest BCUT2D eigenvalue weighted by Crippen LogP contribution is -2.22.